The molecule has 1 fully saturated rings. The molecule has 124 valence electrons. The lowest BCUT2D eigenvalue weighted by molar-refractivity contribution is -0.151. The molecule has 5 heteroatoms. The summed E-state index contributed by atoms with van der Waals surface area (Å²) in [7, 11) is 3.37. The van der Waals surface area contributed by atoms with E-state index in [0.717, 1.165) is 38.8 Å². The molecule has 0 aromatic carbocycles. The van der Waals surface area contributed by atoms with Gasteiger partial charge in [0.2, 0.25) is 5.91 Å². The summed E-state index contributed by atoms with van der Waals surface area (Å²) < 4.78 is 10.6. The lowest BCUT2D eigenvalue weighted by atomic mass is 9.77. The summed E-state index contributed by atoms with van der Waals surface area (Å²) in [6, 6.07) is 0.288. The molecule has 1 aliphatic rings. The number of hydrogen-bond donors (Lipinski definition) is 1. The second-order valence-electron chi connectivity index (χ2n) is 5.93. The largest absolute Gasteiger partial charge is 0.384 e. The zero-order valence-corrected chi connectivity index (χ0v) is 14.1. The minimum absolute atomic E-state index is 0.247. The Bertz CT molecular complexity index is 294. The number of methoxy groups -OCH3 is 2. The normalized spacial score (nSPS) is 18.0. The van der Waals surface area contributed by atoms with Gasteiger partial charge < -0.3 is 19.7 Å². The topological polar surface area (TPSA) is 50.8 Å². The van der Waals surface area contributed by atoms with Crippen LogP contribution in [0.1, 0.15) is 39.5 Å². The highest BCUT2D eigenvalue weighted by molar-refractivity contribution is 5.83. The number of carbonyl (C=O) groups excluding carboxylic acids is 1. The van der Waals surface area contributed by atoms with Crippen molar-refractivity contribution in [3.63, 3.8) is 0 Å². The van der Waals surface area contributed by atoms with Gasteiger partial charge in [0.25, 0.3) is 0 Å². The summed E-state index contributed by atoms with van der Waals surface area (Å²) in [5.41, 5.74) is -0.365. The van der Waals surface area contributed by atoms with Crippen molar-refractivity contribution >= 4 is 5.91 Å². The van der Waals surface area contributed by atoms with Crippen molar-refractivity contribution in [2.24, 2.45) is 5.41 Å². The third kappa shape index (κ3) is 4.66. The van der Waals surface area contributed by atoms with Crippen LogP contribution in [0.4, 0.5) is 0 Å². The van der Waals surface area contributed by atoms with Crippen LogP contribution in [0.2, 0.25) is 0 Å². The Labute approximate surface area is 129 Å². The summed E-state index contributed by atoms with van der Waals surface area (Å²) in [5, 5.41) is 3.34. The van der Waals surface area contributed by atoms with Gasteiger partial charge in [-0.15, -0.1) is 0 Å². The van der Waals surface area contributed by atoms with Crippen molar-refractivity contribution in [2.75, 3.05) is 47.1 Å². The first-order valence-corrected chi connectivity index (χ1v) is 8.14. The SMILES string of the molecule is CCC(CC)N(CCOC)C(=O)C1(COC)CCNCC1. The van der Waals surface area contributed by atoms with Crippen LogP contribution in [0.3, 0.4) is 0 Å². The maximum Gasteiger partial charge on any atom is 0.231 e. The smallest absolute Gasteiger partial charge is 0.231 e. The van der Waals surface area contributed by atoms with Gasteiger partial charge in [0, 0.05) is 26.8 Å². The number of carbonyl (C=O) groups is 1. The molecule has 0 bridgehead atoms. The first-order valence-electron chi connectivity index (χ1n) is 8.14. The molecule has 1 saturated heterocycles. The van der Waals surface area contributed by atoms with E-state index in [2.05, 4.69) is 19.2 Å². The Hall–Kier alpha value is -0.650. The van der Waals surface area contributed by atoms with Crippen LogP contribution in [0.15, 0.2) is 0 Å². The summed E-state index contributed by atoms with van der Waals surface area (Å²) in [6.45, 7) is 7.83. The summed E-state index contributed by atoms with van der Waals surface area (Å²) in [4.78, 5) is 15.3. The first-order chi connectivity index (χ1) is 10.1. The molecule has 21 heavy (non-hydrogen) atoms. The van der Waals surface area contributed by atoms with Gasteiger partial charge in [0.1, 0.15) is 0 Å². The van der Waals surface area contributed by atoms with E-state index < -0.39 is 0 Å². The van der Waals surface area contributed by atoms with Crippen molar-refractivity contribution in [1.82, 2.24) is 10.2 Å². The average Bonchev–Trinajstić information content (AvgIpc) is 2.52. The molecular weight excluding hydrogens is 268 g/mol. The fourth-order valence-electron chi connectivity index (χ4n) is 3.28. The van der Waals surface area contributed by atoms with Crippen molar-refractivity contribution < 1.29 is 14.3 Å². The molecule has 0 aromatic rings. The number of nitrogens with one attached hydrogen (secondary N) is 1. The number of piperidine rings is 1. The molecule has 1 amide bonds. The van der Waals surface area contributed by atoms with Crippen molar-refractivity contribution in [1.29, 1.82) is 0 Å². The quantitative estimate of drug-likeness (QED) is 0.704. The molecule has 0 aromatic heterocycles. The Balaban J connectivity index is 2.93. The highest BCUT2D eigenvalue weighted by atomic mass is 16.5. The van der Waals surface area contributed by atoms with Crippen molar-refractivity contribution in [2.45, 2.75) is 45.6 Å². The molecule has 1 aliphatic heterocycles. The van der Waals surface area contributed by atoms with Crippen molar-refractivity contribution in [3.05, 3.63) is 0 Å². The molecule has 5 nitrogen and oxygen atoms in total. The molecule has 0 atom stereocenters. The monoisotopic (exact) mass is 300 g/mol. The molecule has 0 radical (unpaired) electrons. The van der Waals surface area contributed by atoms with Crippen LogP contribution in [0, 0.1) is 5.41 Å². The number of nitrogens with zero attached hydrogens (tertiary/aromatic N) is 1. The number of ether oxygens (including phenoxy) is 2. The van der Waals surface area contributed by atoms with E-state index in [1.165, 1.54) is 0 Å². The van der Waals surface area contributed by atoms with Gasteiger partial charge >= 0.3 is 0 Å². The second-order valence-corrected chi connectivity index (χ2v) is 5.93. The van der Waals surface area contributed by atoms with Crippen LogP contribution in [-0.4, -0.2) is 63.9 Å². The van der Waals surface area contributed by atoms with Crippen LogP contribution in [0.25, 0.3) is 0 Å². The Morgan fingerprint density at radius 3 is 2.29 bits per heavy atom. The maximum atomic E-state index is 13.2. The predicted molar refractivity (Wildman–Crippen MR) is 84.4 cm³/mol. The third-order valence-electron chi connectivity index (χ3n) is 4.62. The van der Waals surface area contributed by atoms with Crippen LogP contribution < -0.4 is 5.32 Å². The maximum absolute atomic E-state index is 13.2. The summed E-state index contributed by atoms with van der Waals surface area (Å²) >= 11 is 0. The van der Waals surface area contributed by atoms with E-state index in [-0.39, 0.29) is 17.4 Å². The lowest BCUT2D eigenvalue weighted by Crippen LogP contribution is -2.54. The van der Waals surface area contributed by atoms with E-state index in [0.29, 0.717) is 19.8 Å². The van der Waals surface area contributed by atoms with Gasteiger partial charge in [-0.25, -0.2) is 0 Å². The Morgan fingerprint density at radius 2 is 1.81 bits per heavy atom. The summed E-state index contributed by atoms with van der Waals surface area (Å²) in [5.74, 6) is 0.247. The van der Waals surface area contributed by atoms with Crippen molar-refractivity contribution in [3.8, 4) is 0 Å². The van der Waals surface area contributed by atoms with Gasteiger partial charge in [0.05, 0.1) is 18.6 Å². The third-order valence-corrected chi connectivity index (χ3v) is 4.62. The zero-order valence-electron chi connectivity index (χ0n) is 14.1. The fraction of sp³-hybridized carbons (Fsp3) is 0.938. The van der Waals surface area contributed by atoms with E-state index in [9.17, 15) is 4.79 Å². The fourth-order valence-corrected chi connectivity index (χ4v) is 3.28. The first kappa shape index (κ1) is 18.4. The molecule has 1 heterocycles. The van der Waals surface area contributed by atoms with Crippen LogP contribution in [0.5, 0.6) is 0 Å². The van der Waals surface area contributed by atoms with Gasteiger partial charge in [-0.2, -0.15) is 0 Å². The summed E-state index contributed by atoms with van der Waals surface area (Å²) in [6.07, 6.45) is 3.66. The standard InChI is InChI=1S/C16H32N2O3/c1-5-14(6-2)18(11-12-20-3)15(19)16(13-21-4)7-9-17-10-8-16/h14,17H,5-13H2,1-4H3. The second kappa shape index (κ2) is 9.38. The molecule has 1 rings (SSSR count). The van der Waals surface area contributed by atoms with E-state index >= 15 is 0 Å². The van der Waals surface area contributed by atoms with E-state index in [4.69, 9.17) is 9.47 Å². The van der Waals surface area contributed by atoms with Gasteiger partial charge in [-0.05, 0) is 38.8 Å². The minimum Gasteiger partial charge on any atom is -0.384 e. The molecule has 0 saturated carbocycles. The van der Waals surface area contributed by atoms with E-state index in [1.54, 1.807) is 14.2 Å². The predicted octanol–water partition coefficient (Wildman–Crippen LogP) is 1.67. The lowest BCUT2D eigenvalue weighted by Gasteiger charge is -2.42. The molecule has 0 spiro atoms. The van der Waals surface area contributed by atoms with E-state index in [1.807, 2.05) is 4.90 Å². The molecule has 0 aliphatic carbocycles. The molecular formula is C16H32N2O3. The van der Waals surface area contributed by atoms with Gasteiger partial charge in [-0.3, -0.25) is 4.79 Å². The molecule has 1 N–H and O–H groups in total. The molecule has 0 unspecified atom stereocenters. The Morgan fingerprint density at radius 1 is 1.19 bits per heavy atom. The average molecular weight is 300 g/mol. The Kier molecular flexibility index (Phi) is 8.22. The highest BCUT2D eigenvalue weighted by Crippen LogP contribution is 2.33. The number of amides is 1. The van der Waals surface area contributed by atoms with Crippen LogP contribution in [-0.2, 0) is 14.3 Å². The minimum atomic E-state index is -0.365. The van der Waals surface area contributed by atoms with Gasteiger partial charge in [-0.1, -0.05) is 13.8 Å². The zero-order chi connectivity index (χ0) is 15.7. The highest BCUT2D eigenvalue weighted by Gasteiger charge is 2.43. The number of hydrogen-bond acceptors (Lipinski definition) is 4. The van der Waals surface area contributed by atoms with Gasteiger partial charge in [0.15, 0.2) is 0 Å². The van der Waals surface area contributed by atoms with Crippen LogP contribution >= 0.6 is 0 Å². The number of rotatable bonds is 9.